The van der Waals surface area contributed by atoms with Crippen LogP contribution in [0.25, 0.3) is 0 Å². The molecule has 0 radical (unpaired) electrons. The summed E-state index contributed by atoms with van der Waals surface area (Å²) in [6.07, 6.45) is 10.1. The lowest BCUT2D eigenvalue weighted by Crippen LogP contribution is -2.35. The van der Waals surface area contributed by atoms with E-state index in [-0.39, 0.29) is 0 Å². The van der Waals surface area contributed by atoms with Gasteiger partial charge in [0.05, 0.1) is 0 Å². The van der Waals surface area contributed by atoms with Crippen LogP contribution < -0.4 is 14.7 Å². The number of hydrogen-bond donors (Lipinski definition) is 0. The minimum Gasteiger partial charge on any atom is -0.378 e. The molecule has 3 nitrogen and oxygen atoms in total. The number of hydrogen-bond acceptors (Lipinski definition) is 3. The third kappa shape index (κ3) is 3.70. The van der Waals surface area contributed by atoms with Crippen LogP contribution in [0, 0.1) is 0 Å². The Bertz CT molecular complexity index is 1150. The third-order valence-corrected chi connectivity index (χ3v) is 9.12. The molecule has 3 aromatic rings. The van der Waals surface area contributed by atoms with E-state index in [0.717, 1.165) is 0 Å². The first-order valence-corrected chi connectivity index (χ1v) is 14.2. The fourth-order valence-corrected chi connectivity index (χ4v) is 7.54. The van der Waals surface area contributed by atoms with E-state index in [1.165, 1.54) is 99.9 Å². The lowest BCUT2D eigenvalue weighted by atomic mass is 9.78. The van der Waals surface area contributed by atoms with Crippen molar-refractivity contribution in [1.29, 1.82) is 0 Å². The lowest BCUT2D eigenvalue weighted by molar-refractivity contribution is 0.630. The predicted molar refractivity (Wildman–Crippen MR) is 152 cm³/mol. The smallest absolute Gasteiger partial charge is 0.0431 e. The van der Waals surface area contributed by atoms with E-state index in [2.05, 4.69) is 77.3 Å². The Morgan fingerprint density at radius 3 is 1.31 bits per heavy atom. The molecule has 36 heavy (non-hydrogen) atoms. The standard InChI is InChI=1S/C33H39N3/c1-34(2)30-13-11-23(12-14-30)31(28-19-24-7-3-15-35-16-4-8-25(20-28)32(24)35)29-21-26-9-5-17-36-18-6-10-27(22-29)33(26)36/h11-14,19-22,31H,3-10,15-18H2,1-2H3. The molecule has 0 saturated carbocycles. The zero-order valence-electron chi connectivity index (χ0n) is 22.0. The van der Waals surface area contributed by atoms with Crippen molar-refractivity contribution in [3.63, 3.8) is 0 Å². The monoisotopic (exact) mass is 477 g/mol. The van der Waals surface area contributed by atoms with Crippen LogP contribution in [0.1, 0.15) is 70.5 Å². The largest absolute Gasteiger partial charge is 0.378 e. The van der Waals surface area contributed by atoms with Gasteiger partial charge < -0.3 is 14.7 Å². The van der Waals surface area contributed by atoms with Crippen molar-refractivity contribution in [1.82, 2.24) is 0 Å². The van der Waals surface area contributed by atoms with E-state index in [4.69, 9.17) is 0 Å². The summed E-state index contributed by atoms with van der Waals surface area (Å²) in [6.45, 7) is 4.94. The third-order valence-electron chi connectivity index (χ3n) is 9.12. The Hall–Kier alpha value is -2.94. The van der Waals surface area contributed by atoms with Crippen LogP contribution in [0.3, 0.4) is 0 Å². The maximum Gasteiger partial charge on any atom is 0.0431 e. The highest BCUT2D eigenvalue weighted by Crippen LogP contribution is 2.44. The van der Waals surface area contributed by atoms with Crippen LogP contribution in [-0.2, 0) is 25.7 Å². The van der Waals surface area contributed by atoms with Gasteiger partial charge in [0.2, 0.25) is 0 Å². The minimum atomic E-state index is 0.291. The number of benzene rings is 3. The van der Waals surface area contributed by atoms with Gasteiger partial charge in [0.25, 0.3) is 0 Å². The van der Waals surface area contributed by atoms with Gasteiger partial charge in [0, 0.05) is 63.3 Å². The van der Waals surface area contributed by atoms with Gasteiger partial charge in [-0.3, -0.25) is 0 Å². The summed E-state index contributed by atoms with van der Waals surface area (Å²) in [6, 6.07) is 19.7. The molecule has 0 saturated heterocycles. The molecule has 186 valence electrons. The Labute approximate surface area is 216 Å². The van der Waals surface area contributed by atoms with Gasteiger partial charge in [-0.05, 0) is 102 Å². The summed E-state index contributed by atoms with van der Waals surface area (Å²) in [7, 11) is 4.26. The molecule has 0 aliphatic carbocycles. The second kappa shape index (κ2) is 8.87. The van der Waals surface area contributed by atoms with E-state index in [1.54, 1.807) is 33.6 Å². The van der Waals surface area contributed by atoms with Crippen molar-refractivity contribution >= 4 is 17.1 Å². The van der Waals surface area contributed by atoms with Gasteiger partial charge in [-0.1, -0.05) is 36.4 Å². The number of rotatable bonds is 4. The second-order valence-electron chi connectivity index (χ2n) is 11.7. The van der Waals surface area contributed by atoms with Crippen molar-refractivity contribution in [2.45, 2.75) is 57.3 Å². The molecule has 4 heterocycles. The van der Waals surface area contributed by atoms with Crippen molar-refractivity contribution in [2.24, 2.45) is 0 Å². The highest BCUT2D eigenvalue weighted by Gasteiger charge is 2.29. The fourth-order valence-electron chi connectivity index (χ4n) is 7.54. The molecule has 0 fully saturated rings. The summed E-state index contributed by atoms with van der Waals surface area (Å²) < 4.78 is 0. The minimum absolute atomic E-state index is 0.291. The first-order chi connectivity index (χ1) is 17.7. The molecule has 0 atom stereocenters. The van der Waals surface area contributed by atoms with E-state index >= 15 is 0 Å². The quantitative estimate of drug-likeness (QED) is 0.407. The fraction of sp³-hybridized carbons (Fsp3) is 0.455. The molecule has 4 aliphatic heterocycles. The topological polar surface area (TPSA) is 9.72 Å². The molecule has 0 bridgehead atoms. The maximum absolute atomic E-state index is 2.67. The van der Waals surface area contributed by atoms with Crippen LogP contribution >= 0.6 is 0 Å². The van der Waals surface area contributed by atoms with Crippen LogP contribution in [0.5, 0.6) is 0 Å². The summed E-state index contributed by atoms with van der Waals surface area (Å²) in [4.78, 5) is 7.54. The Morgan fingerprint density at radius 2 is 0.944 bits per heavy atom. The first-order valence-electron chi connectivity index (χ1n) is 14.2. The van der Waals surface area contributed by atoms with Gasteiger partial charge in [0.1, 0.15) is 0 Å². The average molecular weight is 478 g/mol. The van der Waals surface area contributed by atoms with Gasteiger partial charge >= 0.3 is 0 Å². The first kappa shape index (κ1) is 22.3. The van der Waals surface area contributed by atoms with E-state index in [0.29, 0.717) is 5.92 Å². The Morgan fingerprint density at radius 1 is 0.556 bits per heavy atom. The molecule has 0 amide bonds. The van der Waals surface area contributed by atoms with Gasteiger partial charge in [0.15, 0.2) is 0 Å². The van der Waals surface area contributed by atoms with E-state index in [9.17, 15) is 0 Å². The summed E-state index contributed by atoms with van der Waals surface area (Å²) in [5.41, 5.74) is 15.2. The number of anilines is 3. The summed E-state index contributed by atoms with van der Waals surface area (Å²) in [5.74, 6) is 0.291. The van der Waals surface area contributed by atoms with Gasteiger partial charge in [-0.15, -0.1) is 0 Å². The van der Waals surface area contributed by atoms with Crippen molar-refractivity contribution < 1.29 is 0 Å². The molecule has 7 rings (SSSR count). The van der Waals surface area contributed by atoms with E-state index < -0.39 is 0 Å². The SMILES string of the molecule is CN(C)c1ccc(C(c2cc3c4c(c2)CCCN4CCC3)c2cc3c4c(c2)CCCN4CCC3)cc1. The average Bonchev–Trinajstić information content (AvgIpc) is 2.90. The lowest BCUT2D eigenvalue weighted by Gasteiger charge is -2.39. The Kier molecular flexibility index (Phi) is 5.49. The summed E-state index contributed by atoms with van der Waals surface area (Å²) in [5, 5.41) is 0. The molecule has 0 unspecified atom stereocenters. The normalized spacial score (nSPS) is 18.2. The molecular weight excluding hydrogens is 438 g/mol. The Balaban J connectivity index is 1.40. The molecule has 0 aromatic heterocycles. The second-order valence-corrected chi connectivity index (χ2v) is 11.7. The van der Waals surface area contributed by atoms with Crippen LogP contribution in [0.15, 0.2) is 48.5 Å². The number of aryl methyl sites for hydroxylation is 4. The number of nitrogens with zero attached hydrogens (tertiary/aromatic N) is 3. The van der Waals surface area contributed by atoms with Crippen molar-refractivity contribution in [2.75, 3.05) is 55.0 Å². The molecule has 4 aliphatic rings. The van der Waals surface area contributed by atoms with Crippen LogP contribution in [0.2, 0.25) is 0 Å². The highest BCUT2D eigenvalue weighted by atomic mass is 15.1. The molecule has 0 N–H and O–H groups in total. The predicted octanol–water partition coefficient (Wildman–Crippen LogP) is 6.33. The van der Waals surface area contributed by atoms with Crippen molar-refractivity contribution in [3.8, 4) is 0 Å². The van der Waals surface area contributed by atoms with Gasteiger partial charge in [-0.2, -0.15) is 0 Å². The van der Waals surface area contributed by atoms with Crippen LogP contribution in [-0.4, -0.2) is 40.3 Å². The zero-order valence-corrected chi connectivity index (χ0v) is 22.0. The molecule has 3 heteroatoms. The maximum atomic E-state index is 2.67. The van der Waals surface area contributed by atoms with Gasteiger partial charge in [-0.25, -0.2) is 0 Å². The molecule has 0 spiro atoms. The van der Waals surface area contributed by atoms with Crippen molar-refractivity contribution in [3.05, 3.63) is 87.5 Å². The van der Waals surface area contributed by atoms with E-state index in [1.807, 2.05) is 0 Å². The highest BCUT2D eigenvalue weighted by molar-refractivity contribution is 5.68. The molecular formula is C33H39N3. The summed E-state index contributed by atoms with van der Waals surface area (Å²) >= 11 is 0. The zero-order chi connectivity index (χ0) is 24.2. The van der Waals surface area contributed by atoms with Crippen LogP contribution in [0.4, 0.5) is 17.1 Å². The molecule has 3 aromatic carbocycles.